The zero-order valence-corrected chi connectivity index (χ0v) is 8.29. The number of allylic oxidation sites excluding steroid dienone is 5. The first-order chi connectivity index (χ1) is 5.88. The first-order valence-electron chi connectivity index (χ1n) is 4.08. The van der Waals surface area contributed by atoms with Gasteiger partial charge in [0, 0.05) is 11.9 Å². The van der Waals surface area contributed by atoms with Gasteiger partial charge in [-0.05, 0) is 40.9 Å². The second-order valence-corrected chi connectivity index (χ2v) is 3.62. The molecule has 2 heterocycles. The van der Waals surface area contributed by atoms with E-state index in [4.69, 9.17) is 0 Å². The maximum absolute atomic E-state index is 3.51. The Hall–Kier alpha value is -0.760. The topological polar surface area (TPSA) is 3.24 Å². The highest BCUT2D eigenvalue weighted by Crippen LogP contribution is 2.26. The highest BCUT2D eigenvalue weighted by molar-refractivity contribution is 9.11. The summed E-state index contributed by atoms with van der Waals surface area (Å²) in [6.45, 7) is 0. The van der Waals surface area contributed by atoms with Crippen LogP contribution in [0.15, 0.2) is 46.9 Å². The second kappa shape index (κ2) is 3.31. The van der Waals surface area contributed by atoms with Crippen LogP contribution in [0.4, 0.5) is 0 Å². The molecule has 0 spiro atoms. The van der Waals surface area contributed by atoms with Crippen molar-refractivity contribution in [1.82, 2.24) is 4.90 Å². The molecule has 0 fully saturated rings. The van der Waals surface area contributed by atoms with Gasteiger partial charge in [-0.25, -0.2) is 0 Å². The van der Waals surface area contributed by atoms with Crippen LogP contribution in [0.2, 0.25) is 0 Å². The molecule has 2 rings (SSSR count). The summed E-state index contributed by atoms with van der Waals surface area (Å²) in [5.41, 5.74) is 1.26. The molecule has 0 bridgehead atoms. The highest BCUT2D eigenvalue weighted by atomic mass is 79.9. The number of nitrogens with zero attached hydrogens (tertiary/aromatic N) is 1. The lowest BCUT2D eigenvalue weighted by Gasteiger charge is -2.22. The van der Waals surface area contributed by atoms with E-state index in [1.165, 1.54) is 5.70 Å². The fraction of sp³-hybridized carbons (Fsp3) is 0.200. The van der Waals surface area contributed by atoms with Crippen molar-refractivity contribution in [3.63, 3.8) is 0 Å². The van der Waals surface area contributed by atoms with Crippen molar-refractivity contribution < 1.29 is 0 Å². The number of hydrogen-bond donors (Lipinski definition) is 0. The van der Waals surface area contributed by atoms with E-state index in [0.717, 1.165) is 17.4 Å². The van der Waals surface area contributed by atoms with Crippen LogP contribution in [0, 0.1) is 0 Å². The Morgan fingerprint density at radius 3 is 3.17 bits per heavy atom. The van der Waals surface area contributed by atoms with Crippen molar-refractivity contribution in [3.8, 4) is 0 Å². The van der Waals surface area contributed by atoms with Crippen LogP contribution in [0.3, 0.4) is 0 Å². The minimum atomic E-state index is 1.11. The maximum atomic E-state index is 3.51. The summed E-state index contributed by atoms with van der Waals surface area (Å²) in [5, 5.41) is 0. The van der Waals surface area contributed by atoms with Crippen molar-refractivity contribution in [2.24, 2.45) is 0 Å². The Morgan fingerprint density at radius 2 is 2.25 bits per heavy atom. The Balaban J connectivity index is 2.37. The lowest BCUT2D eigenvalue weighted by molar-refractivity contribution is 0.634. The summed E-state index contributed by atoms with van der Waals surface area (Å²) >= 11 is 3.51. The molecule has 0 saturated heterocycles. The predicted molar refractivity (Wildman–Crippen MR) is 54.4 cm³/mol. The van der Waals surface area contributed by atoms with Gasteiger partial charge in [0.15, 0.2) is 0 Å². The molecule has 12 heavy (non-hydrogen) atoms. The SMILES string of the molecule is BrC1=CC=CC2=CCCC=CN12. The molecule has 2 aliphatic heterocycles. The molecule has 0 aromatic heterocycles. The third-order valence-corrected chi connectivity index (χ3v) is 2.60. The summed E-state index contributed by atoms with van der Waals surface area (Å²) in [6, 6.07) is 0. The molecule has 0 unspecified atom stereocenters. The van der Waals surface area contributed by atoms with Gasteiger partial charge in [-0.15, -0.1) is 0 Å². The van der Waals surface area contributed by atoms with E-state index in [1.807, 2.05) is 6.08 Å². The fourth-order valence-corrected chi connectivity index (χ4v) is 1.82. The monoisotopic (exact) mass is 223 g/mol. The van der Waals surface area contributed by atoms with Crippen LogP contribution >= 0.6 is 15.9 Å². The Bertz CT molecular complexity index is 297. The van der Waals surface area contributed by atoms with E-state index >= 15 is 0 Å². The lowest BCUT2D eigenvalue weighted by Crippen LogP contribution is -2.12. The van der Waals surface area contributed by atoms with Crippen LogP contribution in [0.5, 0.6) is 0 Å². The van der Waals surface area contributed by atoms with Crippen molar-refractivity contribution in [2.75, 3.05) is 0 Å². The molecular weight excluding hydrogens is 214 g/mol. The molecule has 0 radical (unpaired) electrons. The minimum Gasteiger partial charge on any atom is -0.312 e. The van der Waals surface area contributed by atoms with Crippen LogP contribution in [-0.2, 0) is 0 Å². The van der Waals surface area contributed by atoms with E-state index in [-0.39, 0.29) is 0 Å². The van der Waals surface area contributed by atoms with Gasteiger partial charge in [0.2, 0.25) is 0 Å². The Morgan fingerprint density at radius 1 is 1.33 bits per heavy atom. The van der Waals surface area contributed by atoms with Crippen molar-refractivity contribution in [1.29, 1.82) is 0 Å². The summed E-state index contributed by atoms with van der Waals surface area (Å²) in [7, 11) is 0. The van der Waals surface area contributed by atoms with Gasteiger partial charge < -0.3 is 4.90 Å². The minimum absolute atomic E-state index is 1.11. The zero-order chi connectivity index (χ0) is 8.39. The molecule has 1 nitrogen and oxygen atoms in total. The van der Waals surface area contributed by atoms with Crippen molar-refractivity contribution >= 4 is 15.9 Å². The van der Waals surface area contributed by atoms with Gasteiger partial charge in [0.25, 0.3) is 0 Å². The average molecular weight is 224 g/mol. The number of halogens is 1. The summed E-state index contributed by atoms with van der Waals surface area (Å²) in [5.74, 6) is 0. The molecule has 0 aliphatic carbocycles. The first kappa shape index (κ1) is 7.87. The van der Waals surface area contributed by atoms with E-state index in [1.54, 1.807) is 0 Å². The Kier molecular flexibility index (Phi) is 2.17. The van der Waals surface area contributed by atoms with E-state index in [9.17, 15) is 0 Å². The molecule has 0 atom stereocenters. The molecule has 2 heteroatoms. The molecule has 0 aromatic rings. The summed E-state index contributed by atoms with van der Waals surface area (Å²) in [4.78, 5) is 2.15. The largest absolute Gasteiger partial charge is 0.312 e. The third kappa shape index (κ3) is 1.39. The summed E-state index contributed by atoms with van der Waals surface area (Å²) < 4.78 is 1.11. The number of fused-ring (bicyclic) bond motifs is 1. The molecular formula is C10H10BrN. The lowest BCUT2D eigenvalue weighted by atomic mass is 10.2. The van der Waals surface area contributed by atoms with Crippen LogP contribution < -0.4 is 0 Å². The third-order valence-electron chi connectivity index (χ3n) is 1.95. The molecule has 62 valence electrons. The van der Waals surface area contributed by atoms with Crippen molar-refractivity contribution in [2.45, 2.75) is 12.8 Å². The quantitative estimate of drug-likeness (QED) is 0.570. The second-order valence-electron chi connectivity index (χ2n) is 2.81. The standard InChI is InChI=1S/C10H10BrN/c11-10-7-4-6-9-5-2-1-3-8-12(9)10/h3-8H,1-2H2. The van der Waals surface area contributed by atoms with Gasteiger partial charge in [-0.3, -0.25) is 0 Å². The normalized spacial score (nSPS) is 21.2. The highest BCUT2D eigenvalue weighted by Gasteiger charge is 2.10. The Labute approximate surface area is 80.9 Å². The van der Waals surface area contributed by atoms with Gasteiger partial charge >= 0.3 is 0 Å². The molecule has 0 amide bonds. The zero-order valence-electron chi connectivity index (χ0n) is 6.70. The number of rotatable bonds is 0. The smallest absolute Gasteiger partial charge is 0.0891 e. The van der Waals surface area contributed by atoms with Gasteiger partial charge in [0.05, 0.1) is 4.61 Å². The molecule has 0 N–H and O–H groups in total. The number of hydrogen-bond acceptors (Lipinski definition) is 1. The average Bonchev–Trinajstić information content (AvgIpc) is 2.30. The molecule has 2 aliphatic rings. The van der Waals surface area contributed by atoms with Crippen LogP contribution in [0.25, 0.3) is 0 Å². The summed E-state index contributed by atoms with van der Waals surface area (Å²) in [6.07, 6.45) is 15.1. The fourth-order valence-electron chi connectivity index (χ4n) is 1.34. The van der Waals surface area contributed by atoms with E-state index in [2.05, 4.69) is 51.3 Å². The molecule has 0 saturated carbocycles. The predicted octanol–water partition coefficient (Wildman–Crippen LogP) is 3.29. The molecule has 0 aromatic carbocycles. The van der Waals surface area contributed by atoms with Crippen LogP contribution in [0.1, 0.15) is 12.8 Å². The van der Waals surface area contributed by atoms with Crippen molar-refractivity contribution in [3.05, 3.63) is 46.9 Å². The first-order valence-corrected chi connectivity index (χ1v) is 4.87. The van der Waals surface area contributed by atoms with E-state index < -0.39 is 0 Å². The van der Waals surface area contributed by atoms with Gasteiger partial charge in [-0.1, -0.05) is 18.2 Å². The van der Waals surface area contributed by atoms with Gasteiger partial charge in [-0.2, -0.15) is 0 Å². The maximum Gasteiger partial charge on any atom is 0.0891 e. The van der Waals surface area contributed by atoms with Gasteiger partial charge in [0.1, 0.15) is 0 Å². The van der Waals surface area contributed by atoms with Crippen LogP contribution in [-0.4, -0.2) is 4.90 Å². The van der Waals surface area contributed by atoms with E-state index in [0.29, 0.717) is 0 Å².